The average molecular weight is 234 g/mol. The minimum Gasteiger partial charge on any atom is -0.385 e. The zero-order valence-electron chi connectivity index (χ0n) is 10.8. The molecule has 0 saturated carbocycles. The van der Waals surface area contributed by atoms with E-state index in [-0.39, 0.29) is 6.10 Å². The molecule has 0 saturated heterocycles. The molecule has 0 rings (SSSR count). The highest BCUT2D eigenvalue weighted by atomic mass is 16.5. The lowest BCUT2D eigenvalue weighted by Gasteiger charge is -2.15. The fraction of sp³-hybridized carbons (Fsp3) is 1.00. The van der Waals surface area contributed by atoms with Gasteiger partial charge in [-0.2, -0.15) is 0 Å². The highest BCUT2D eigenvalue weighted by molar-refractivity contribution is 4.61. The van der Waals surface area contributed by atoms with Crippen molar-refractivity contribution in [2.75, 3.05) is 60.7 Å². The van der Waals surface area contributed by atoms with E-state index in [4.69, 9.17) is 14.2 Å². The van der Waals surface area contributed by atoms with Gasteiger partial charge in [0.15, 0.2) is 0 Å². The molecule has 1 atom stereocenters. The van der Waals surface area contributed by atoms with Crippen LogP contribution in [0, 0.1) is 0 Å². The van der Waals surface area contributed by atoms with Crippen LogP contribution in [0.5, 0.6) is 0 Å². The Labute approximate surface area is 98.8 Å². The Morgan fingerprint density at radius 1 is 0.938 bits per heavy atom. The standard InChI is InChI=1S/C11H26N2O3/c1-14-8-4-5-12-6-7-13-9-11(16-3)10-15-2/h11-13H,4-10H2,1-3H3. The van der Waals surface area contributed by atoms with Crippen LogP contribution in [0.1, 0.15) is 6.42 Å². The summed E-state index contributed by atoms with van der Waals surface area (Å²) >= 11 is 0. The first-order valence-corrected chi connectivity index (χ1v) is 5.77. The highest BCUT2D eigenvalue weighted by Gasteiger charge is 2.04. The van der Waals surface area contributed by atoms with Crippen molar-refractivity contribution in [2.24, 2.45) is 0 Å². The van der Waals surface area contributed by atoms with Gasteiger partial charge in [-0.05, 0) is 13.0 Å². The van der Waals surface area contributed by atoms with Gasteiger partial charge < -0.3 is 24.8 Å². The van der Waals surface area contributed by atoms with Crippen LogP contribution in [0.3, 0.4) is 0 Å². The molecule has 2 N–H and O–H groups in total. The van der Waals surface area contributed by atoms with Crippen LogP contribution in [0.4, 0.5) is 0 Å². The van der Waals surface area contributed by atoms with E-state index in [1.165, 1.54) is 0 Å². The number of rotatable bonds is 12. The average Bonchev–Trinajstić information content (AvgIpc) is 2.31. The molecule has 5 nitrogen and oxygen atoms in total. The van der Waals surface area contributed by atoms with Gasteiger partial charge in [-0.3, -0.25) is 0 Å². The first kappa shape index (κ1) is 15.8. The van der Waals surface area contributed by atoms with E-state index in [0.29, 0.717) is 6.61 Å². The van der Waals surface area contributed by atoms with E-state index in [2.05, 4.69) is 10.6 Å². The Kier molecular flexibility index (Phi) is 12.7. The smallest absolute Gasteiger partial charge is 0.0928 e. The van der Waals surface area contributed by atoms with Gasteiger partial charge in [-0.15, -0.1) is 0 Å². The zero-order valence-corrected chi connectivity index (χ0v) is 10.8. The molecular weight excluding hydrogens is 208 g/mol. The third-order valence-corrected chi connectivity index (χ3v) is 2.24. The van der Waals surface area contributed by atoms with Gasteiger partial charge in [-0.25, -0.2) is 0 Å². The monoisotopic (exact) mass is 234 g/mol. The summed E-state index contributed by atoms with van der Waals surface area (Å²) in [7, 11) is 5.11. The molecule has 0 aliphatic heterocycles. The predicted molar refractivity (Wildman–Crippen MR) is 64.9 cm³/mol. The van der Waals surface area contributed by atoms with Gasteiger partial charge in [0.25, 0.3) is 0 Å². The van der Waals surface area contributed by atoms with Crippen LogP contribution in [0.2, 0.25) is 0 Å². The first-order valence-electron chi connectivity index (χ1n) is 5.77. The Bertz CT molecular complexity index is 136. The van der Waals surface area contributed by atoms with E-state index < -0.39 is 0 Å². The number of hydrogen-bond donors (Lipinski definition) is 2. The van der Waals surface area contributed by atoms with Crippen molar-refractivity contribution in [2.45, 2.75) is 12.5 Å². The molecule has 5 heteroatoms. The van der Waals surface area contributed by atoms with E-state index in [9.17, 15) is 0 Å². The van der Waals surface area contributed by atoms with E-state index in [1.54, 1.807) is 21.3 Å². The molecule has 0 amide bonds. The van der Waals surface area contributed by atoms with Crippen molar-refractivity contribution in [3.8, 4) is 0 Å². The third kappa shape index (κ3) is 10.3. The van der Waals surface area contributed by atoms with E-state index >= 15 is 0 Å². The first-order chi connectivity index (χ1) is 7.85. The molecule has 0 bridgehead atoms. The summed E-state index contributed by atoms with van der Waals surface area (Å²) in [5, 5.41) is 6.64. The molecule has 0 aliphatic carbocycles. The molecule has 0 aromatic heterocycles. The van der Waals surface area contributed by atoms with Gasteiger partial charge in [0.1, 0.15) is 0 Å². The number of hydrogen-bond acceptors (Lipinski definition) is 5. The summed E-state index contributed by atoms with van der Waals surface area (Å²) in [6.07, 6.45) is 1.19. The molecule has 0 spiro atoms. The van der Waals surface area contributed by atoms with Crippen molar-refractivity contribution in [3.63, 3.8) is 0 Å². The summed E-state index contributed by atoms with van der Waals surface area (Å²) in [4.78, 5) is 0. The van der Waals surface area contributed by atoms with Crippen molar-refractivity contribution < 1.29 is 14.2 Å². The minimum absolute atomic E-state index is 0.137. The molecule has 0 aromatic rings. The summed E-state index contributed by atoms with van der Waals surface area (Å²) in [6, 6.07) is 0. The minimum atomic E-state index is 0.137. The van der Waals surface area contributed by atoms with Crippen LogP contribution >= 0.6 is 0 Å². The topological polar surface area (TPSA) is 51.8 Å². The lowest BCUT2D eigenvalue weighted by Crippen LogP contribution is -2.36. The Morgan fingerprint density at radius 2 is 1.69 bits per heavy atom. The van der Waals surface area contributed by atoms with Crippen molar-refractivity contribution in [1.82, 2.24) is 10.6 Å². The van der Waals surface area contributed by atoms with Crippen LogP contribution < -0.4 is 10.6 Å². The maximum Gasteiger partial charge on any atom is 0.0928 e. The molecular formula is C11H26N2O3. The molecule has 0 radical (unpaired) electrons. The van der Waals surface area contributed by atoms with Gasteiger partial charge >= 0.3 is 0 Å². The molecule has 0 aromatic carbocycles. The molecule has 1 unspecified atom stereocenters. The predicted octanol–water partition coefficient (Wildman–Crippen LogP) is -0.136. The van der Waals surface area contributed by atoms with Crippen LogP contribution in [0.15, 0.2) is 0 Å². The van der Waals surface area contributed by atoms with Gasteiger partial charge in [-0.1, -0.05) is 0 Å². The SMILES string of the molecule is COCCCNCCNCC(COC)OC. The molecule has 0 heterocycles. The summed E-state index contributed by atoms with van der Waals surface area (Å²) in [5.41, 5.74) is 0. The largest absolute Gasteiger partial charge is 0.385 e. The van der Waals surface area contributed by atoms with Crippen molar-refractivity contribution in [3.05, 3.63) is 0 Å². The van der Waals surface area contributed by atoms with Gasteiger partial charge in [0.05, 0.1) is 12.7 Å². The van der Waals surface area contributed by atoms with Crippen LogP contribution in [-0.4, -0.2) is 66.8 Å². The summed E-state index contributed by atoms with van der Waals surface area (Å²) in [5.74, 6) is 0. The zero-order chi connectivity index (χ0) is 12.1. The van der Waals surface area contributed by atoms with Crippen molar-refractivity contribution in [1.29, 1.82) is 0 Å². The second kappa shape index (κ2) is 12.9. The molecule has 16 heavy (non-hydrogen) atoms. The van der Waals surface area contributed by atoms with Gasteiger partial charge in [0.2, 0.25) is 0 Å². The molecule has 0 aliphatic rings. The fourth-order valence-corrected chi connectivity index (χ4v) is 1.30. The Hall–Kier alpha value is -0.200. The fourth-order valence-electron chi connectivity index (χ4n) is 1.30. The van der Waals surface area contributed by atoms with Gasteiger partial charge in [0, 0.05) is 47.6 Å². The van der Waals surface area contributed by atoms with Crippen LogP contribution in [-0.2, 0) is 14.2 Å². The quantitative estimate of drug-likeness (QED) is 0.461. The Balaban J connectivity index is 3.12. The number of ether oxygens (including phenoxy) is 3. The van der Waals surface area contributed by atoms with Crippen molar-refractivity contribution >= 4 is 0 Å². The lowest BCUT2D eigenvalue weighted by atomic mass is 10.3. The molecule has 98 valence electrons. The molecule has 0 fully saturated rings. The Morgan fingerprint density at radius 3 is 2.31 bits per heavy atom. The maximum atomic E-state index is 5.23. The van der Waals surface area contributed by atoms with E-state index in [1.807, 2.05) is 0 Å². The second-order valence-electron chi connectivity index (χ2n) is 3.61. The summed E-state index contributed by atoms with van der Waals surface area (Å²) in [6.45, 7) is 5.18. The maximum absolute atomic E-state index is 5.23. The second-order valence-corrected chi connectivity index (χ2v) is 3.61. The normalized spacial score (nSPS) is 12.9. The third-order valence-electron chi connectivity index (χ3n) is 2.24. The highest BCUT2D eigenvalue weighted by Crippen LogP contribution is 1.87. The lowest BCUT2D eigenvalue weighted by molar-refractivity contribution is 0.0291. The number of methoxy groups -OCH3 is 3. The van der Waals surface area contributed by atoms with Crippen LogP contribution in [0.25, 0.3) is 0 Å². The van der Waals surface area contributed by atoms with E-state index in [0.717, 1.165) is 39.2 Å². The number of nitrogens with one attached hydrogen (secondary N) is 2. The summed E-state index contributed by atoms with van der Waals surface area (Å²) < 4.78 is 15.2.